The van der Waals surface area contributed by atoms with Crippen molar-refractivity contribution in [3.63, 3.8) is 0 Å². The molecule has 9 aromatic rings. The molecular weight excluding hydrogens is 639 g/mol. The van der Waals surface area contributed by atoms with Crippen LogP contribution in [-0.4, -0.2) is 0 Å². The topological polar surface area (TPSA) is 3.24 Å². The highest BCUT2D eigenvalue weighted by Crippen LogP contribution is 2.39. The number of hydrogen-bond donors (Lipinski definition) is 0. The Labute approximate surface area is 317 Å². The van der Waals surface area contributed by atoms with E-state index < -0.39 is 0 Å². The van der Waals surface area contributed by atoms with Gasteiger partial charge in [-0.25, -0.2) is 0 Å². The van der Waals surface area contributed by atoms with Crippen LogP contribution in [0.1, 0.15) is 5.48 Å². The highest BCUT2D eigenvalue weighted by molar-refractivity contribution is 5.97. The molecule has 9 rings (SSSR count). The molecule has 0 spiro atoms. The zero-order valence-electron chi connectivity index (χ0n) is 33.0. The second-order valence-corrected chi connectivity index (χ2v) is 13.1. The Hall–Kier alpha value is -6.96. The van der Waals surface area contributed by atoms with Gasteiger partial charge in [0.05, 0.1) is 5.48 Å². The SMILES string of the molecule is [2H]c1c([2H])c(N(c2ccc(-c3ccc(-c4ccccc4)cc3)cc2)c2ccc(-c3cccc(-c4cccc5ccccc45)c3)cc2)c([2H])c([2H])c1-c1ccccc1. The van der Waals surface area contributed by atoms with Gasteiger partial charge in [0.15, 0.2) is 0 Å². The molecule has 0 saturated heterocycles. The van der Waals surface area contributed by atoms with Crippen molar-refractivity contribution in [3.8, 4) is 55.6 Å². The van der Waals surface area contributed by atoms with E-state index in [0.29, 0.717) is 5.56 Å². The summed E-state index contributed by atoms with van der Waals surface area (Å²) >= 11 is 0. The van der Waals surface area contributed by atoms with Gasteiger partial charge < -0.3 is 4.90 Å². The van der Waals surface area contributed by atoms with Crippen molar-refractivity contribution in [1.29, 1.82) is 0 Å². The van der Waals surface area contributed by atoms with Crippen molar-refractivity contribution in [1.82, 2.24) is 0 Å². The number of fused-ring (bicyclic) bond motifs is 1. The van der Waals surface area contributed by atoms with Crippen molar-refractivity contribution in [2.45, 2.75) is 0 Å². The molecule has 0 atom stereocenters. The fraction of sp³-hybridized carbons (Fsp3) is 0. The molecule has 0 bridgehead atoms. The highest BCUT2D eigenvalue weighted by Gasteiger charge is 2.14. The Morgan fingerprint density at radius 2 is 0.698 bits per heavy atom. The average Bonchev–Trinajstić information content (AvgIpc) is 3.28. The molecule has 0 saturated carbocycles. The summed E-state index contributed by atoms with van der Waals surface area (Å²) in [4.78, 5) is 1.84. The van der Waals surface area contributed by atoms with Gasteiger partial charge in [0.2, 0.25) is 0 Å². The van der Waals surface area contributed by atoms with E-state index in [2.05, 4.69) is 115 Å². The number of hydrogen-bond acceptors (Lipinski definition) is 1. The summed E-state index contributed by atoms with van der Waals surface area (Å²) in [5.41, 5.74) is 11.4. The van der Waals surface area contributed by atoms with Gasteiger partial charge >= 0.3 is 0 Å². The minimum atomic E-state index is -0.109. The molecule has 0 aliphatic rings. The van der Waals surface area contributed by atoms with Crippen LogP contribution >= 0.6 is 0 Å². The van der Waals surface area contributed by atoms with E-state index in [-0.39, 0.29) is 35.4 Å². The van der Waals surface area contributed by atoms with Gasteiger partial charge in [-0.3, -0.25) is 0 Å². The molecule has 1 heteroatoms. The van der Waals surface area contributed by atoms with E-state index in [1.54, 1.807) is 0 Å². The van der Waals surface area contributed by atoms with Crippen molar-refractivity contribution in [2.75, 3.05) is 4.90 Å². The Bertz CT molecular complexity index is 2820. The zero-order valence-corrected chi connectivity index (χ0v) is 29.0. The lowest BCUT2D eigenvalue weighted by molar-refractivity contribution is 1.28. The third-order valence-electron chi connectivity index (χ3n) is 9.77. The van der Waals surface area contributed by atoms with E-state index in [9.17, 15) is 2.74 Å². The molecule has 0 aliphatic heterocycles. The zero-order chi connectivity index (χ0) is 38.9. The van der Waals surface area contributed by atoms with Crippen molar-refractivity contribution >= 4 is 27.8 Å². The molecule has 0 N–H and O–H groups in total. The molecule has 0 heterocycles. The molecule has 0 radical (unpaired) electrons. The first-order valence-corrected chi connectivity index (χ1v) is 17.8. The van der Waals surface area contributed by atoms with Gasteiger partial charge in [0.1, 0.15) is 0 Å². The predicted octanol–water partition coefficient (Wildman–Crippen LogP) is 14.6. The third-order valence-corrected chi connectivity index (χ3v) is 9.77. The average molecular weight is 680 g/mol. The lowest BCUT2D eigenvalue weighted by Gasteiger charge is -2.26. The molecule has 0 amide bonds. The second-order valence-electron chi connectivity index (χ2n) is 13.1. The molecule has 0 unspecified atom stereocenters. The third kappa shape index (κ3) is 6.65. The predicted molar refractivity (Wildman–Crippen MR) is 226 cm³/mol. The fourth-order valence-electron chi connectivity index (χ4n) is 7.01. The standard InChI is InChI=1S/C52H37N/c1-3-11-38(12-4-1)40-21-23-41(24-22-40)43-27-33-49(34-28-43)53(48-31-25-42(26-32-48)39-13-5-2-6-14-39)50-35-29-44(30-36-50)46-17-9-18-47(37-46)52-20-10-16-45-15-7-8-19-51(45)52/h1-37H/i25D,26D,31D,32D. The molecule has 9 aromatic carbocycles. The van der Waals surface area contributed by atoms with Crippen LogP contribution in [0.15, 0.2) is 224 Å². The van der Waals surface area contributed by atoms with Gasteiger partial charge in [-0.05, 0) is 109 Å². The van der Waals surface area contributed by atoms with Crippen LogP contribution in [0.5, 0.6) is 0 Å². The van der Waals surface area contributed by atoms with Crippen molar-refractivity contribution in [3.05, 3.63) is 224 Å². The summed E-state index contributed by atoms with van der Waals surface area (Å²) in [5.74, 6) is 0. The lowest BCUT2D eigenvalue weighted by atomic mass is 9.95. The van der Waals surface area contributed by atoms with Gasteiger partial charge in [-0.1, -0.05) is 182 Å². The van der Waals surface area contributed by atoms with E-state index in [4.69, 9.17) is 2.74 Å². The molecule has 0 aromatic heterocycles. The van der Waals surface area contributed by atoms with E-state index in [0.717, 1.165) is 50.3 Å². The summed E-state index contributed by atoms with van der Waals surface area (Å²) in [5, 5.41) is 2.40. The van der Waals surface area contributed by atoms with Crippen LogP contribution < -0.4 is 4.90 Å². The number of rotatable bonds is 8. The number of nitrogens with zero attached hydrogens (tertiary/aromatic N) is 1. The summed E-state index contributed by atoms with van der Waals surface area (Å²) in [7, 11) is 0. The second kappa shape index (κ2) is 14.3. The molecule has 0 aliphatic carbocycles. The van der Waals surface area contributed by atoms with Crippen LogP contribution in [0.4, 0.5) is 17.1 Å². The highest BCUT2D eigenvalue weighted by atomic mass is 15.1. The fourth-order valence-corrected chi connectivity index (χ4v) is 7.01. The molecule has 53 heavy (non-hydrogen) atoms. The Balaban J connectivity index is 1.12. The van der Waals surface area contributed by atoms with Crippen LogP contribution in [0.2, 0.25) is 0 Å². The smallest absolute Gasteiger partial charge is 0.0645 e. The van der Waals surface area contributed by atoms with Crippen molar-refractivity contribution < 1.29 is 5.48 Å². The Morgan fingerprint density at radius 1 is 0.283 bits per heavy atom. The van der Waals surface area contributed by atoms with Crippen LogP contribution in [-0.2, 0) is 0 Å². The first kappa shape index (κ1) is 27.7. The van der Waals surface area contributed by atoms with Gasteiger partial charge in [-0.15, -0.1) is 0 Å². The number of anilines is 3. The molecular formula is C52H37N. The number of benzene rings is 9. The quantitative estimate of drug-likeness (QED) is 0.154. The molecule has 1 nitrogen and oxygen atoms in total. The largest absolute Gasteiger partial charge is 0.311 e. The van der Waals surface area contributed by atoms with Crippen molar-refractivity contribution in [2.24, 2.45) is 0 Å². The maximum atomic E-state index is 9.33. The van der Waals surface area contributed by atoms with E-state index in [1.165, 1.54) is 16.3 Å². The maximum absolute atomic E-state index is 9.33. The monoisotopic (exact) mass is 679 g/mol. The van der Waals surface area contributed by atoms with Gasteiger partial charge in [0.25, 0.3) is 0 Å². The van der Waals surface area contributed by atoms with Crippen LogP contribution in [0.3, 0.4) is 0 Å². The van der Waals surface area contributed by atoms with Gasteiger partial charge in [0, 0.05) is 17.1 Å². The molecule has 250 valence electrons. The minimum absolute atomic E-state index is 0.0841. The normalized spacial score (nSPS) is 12.1. The molecule has 0 fully saturated rings. The Kier molecular flexibility index (Phi) is 7.50. The maximum Gasteiger partial charge on any atom is 0.0645 e. The first-order valence-electron chi connectivity index (χ1n) is 19.8. The lowest BCUT2D eigenvalue weighted by Crippen LogP contribution is -2.09. The Morgan fingerprint density at radius 3 is 1.30 bits per heavy atom. The van der Waals surface area contributed by atoms with E-state index in [1.807, 2.05) is 89.8 Å². The van der Waals surface area contributed by atoms with E-state index >= 15 is 0 Å². The van der Waals surface area contributed by atoms with Gasteiger partial charge in [-0.2, -0.15) is 0 Å². The van der Waals surface area contributed by atoms with Crippen LogP contribution in [0.25, 0.3) is 66.4 Å². The summed E-state index contributed by atoms with van der Waals surface area (Å²) in [6.45, 7) is 0. The van der Waals surface area contributed by atoms with Crippen LogP contribution in [0, 0.1) is 0 Å². The summed E-state index contributed by atoms with van der Waals surface area (Å²) in [6.07, 6.45) is 0. The first-order chi connectivity index (χ1) is 27.9. The minimum Gasteiger partial charge on any atom is -0.311 e. The summed E-state index contributed by atoms with van der Waals surface area (Å²) in [6, 6.07) is 67.2. The summed E-state index contributed by atoms with van der Waals surface area (Å²) < 4.78 is 36.9.